The lowest BCUT2D eigenvalue weighted by molar-refractivity contribution is -0.120. The van der Waals surface area contributed by atoms with Crippen molar-refractivity contribution in [3.8, 4) is 11.5 Å². The van der Waals surface area contributed by atoms with E-state index in [1.54, 1.807) is 24.3 Å². The average molecular weight is 385 g/mol. The van der Waals surface area contributed by atoms with Crippen LogP contribution in [0.2, 0.25) is 5.02 Å². The number of nitrogens with zero attached hydrogens (tertiary/aromatic N) is 1. The van der Waals surface area contributed by atoms with E-state index in [4.69, 9.17) is 21.2 Å². The molecule has 138 valence electrons. The molecule has 2 aromatic carbocycles. The van der Waals surface area contributed by atoms with E-state index in [0.29, 0.717) is 16.3 Å². The Hall–Kier alpha value is -2.87. The molecule has 1 amide bonds. The predicted octanol–water partition coefficient (Wildman–Crippen LogP) is 3.94. The van der Waals surface area contributed by atoms with Gasteiger partial charge in [0.2, 0.25) is 0 Å². The highest BCUT2D eigenvalue weighted by Crippen LogP contribution is 2.28. The molecule has 0 aliphatic heterocycles. The molecule has 0 atom stereocenters. The molecule has 0 aliphatic rings. The van der Waals surface area contributed by atoms with Crippen molar-refractivity contribution >= 4 is 29.4 Å². The molecule has 0 saturated carbocycles. The second-order valence-electron chi connectivity index (χ2n) is 4.86. The van der Waals surface area contributed by atoms with Crippen LogP contribution in [0.25, 0.3) is 0 Å². The zero-order valence-corrected chi connectivity index (χ0v) is 14.4. The quantitative estimate of drug-likeness (QED) is 0.553. The Morgan fingerprint density at radius 2 is 2.08 bits per heavy atom. The summed E-state index contributed by atoms with van der Waals surface area (Å²) in [6.45, 7) is -3.27. The topological polar surface area (TPSA) is 69.2 Å². The van der Waals surface area contributed by atoms with Crippen molar-refractivity contribution in [3.63, 3.8) is 0 Å². The number of methoxy groups -OCH3 is 1. The van der Waals surface area contributed by atoms with Gasteiger partial charge < -0.3 is 19.6 Å². The smallest absolute Gasteiger partial charge is 0.387 e. The monoisotopic (exact) mass is 384 g/mol. The summed E-state index contributed by atoms with van der Waals surface area (Å²) in [7, 11) is 1.32. The molecule has 1 N–H and O–H groups in total. The molecule has 9 heteroatoms. The highest BCUT2D eigenvalue weighted by molar-refractivity contribution is 6.30. The number of anilines is 1. The number of nitrogens with one attached hydrogen (secondary N) is 1. The van der Waals surface area contributed by atoms with Crippen molar-refractivity contribution in [1.29, 1.82) is 0 Å². The largest absolute Gasteiger partial charge is 0.493 e. The second kappa shape index (κ2) is 9.57. The summed E-state index contributed by atoms with van der Waals surface area (Å²) in [6.07, 6.45) is 1.31. The number of ether oxygens (including phenoxy) is 2. The number of amides is 1. The van der Waals surface area contributed by atoms with Crippen LogP contribution in [0.4, 0.5) is 14.5 Å². The van der Waals surface area contributed by atoms with Gasteiger partial charge in [-0.15, -0.1) is 0 Å². The van der Waals surface area contributed by atoms with Gasteiger partial charge in [0, 0.05) is 16.3 Å². The van der Waals surface area contributed by atoms with Crippen LogP contribution < -0.4 is 14.8 Å². The third-order valence-corrected chi connectivity index (χ3v) is 3.22. The van der Waals surface area contributed by atoms with Gasteiger partial charge in [-0.3, -0.25) is 4.79 Å². The molecular formula is C17H15ClF2N2O4. The summed E-state index contributed by atoms with van der Waals surface area (Å²) in [4.78, 5) is 16.6. The van der Waals surface area contributed by atoms with Gasteiger partial charge in [0.1, 0.15) is 0 Å². The van der Waals surface area contributed by atoms with Crippen LogP contribution in [0, 0.1) is 0 Å². The summed E-state index contributed by atoms with van der Waals surface area (Å²) in [5.74, 6) is -0.392. The molecule has 0 aromatic heterocycles. The lowest BCUT2D eigenvalue weighted by Crippen LogP contribution is -2.16. The number of halogens is 3. The second-order valence-corrected chi connectivity index (χ2v) is 5.29. The Bertz CT molecular complexity index is 787. The number of hydrogen-bond donors (Lipinski definition) is 1. The molecule has 2 aromatic rings. The Kier molecular flexibility index (Phi) is 7.16. The van der Waals surface area contributed by atoms with Gasteiger partial charge in [0.25, 0.3) is 5.91 Å². The van der Waals surface area contributed by atoms with Crippen LogP contribution in [0.15, 0.2) is 47.6 Å². The van der Waals surface area contributed by atoms with Gasteiger partial charge in [-0.1, -0.05) is 22.8 Å². The van der Waals surface area contributed by atoms with Crippen molar-refractivity contribution in [3.05, 3.63) is 53.1 Å². The predicted molar refractivity (Wildman–Crippen MR) is 93.3 cm³/mol. The minimum atomic E-state index is -2.95. The van der Waals surface area contributed by atoms with Crippen LogP contribution in [0.5, 0.6) is 11.5 Å². The van der Waals surface area contributed by atoms with E-state index in [0.717, 1.165) is 0 Å². The van der Waals surface area contributed by atoms with E-state index < -0.39 is 12.5 Å². The van der Waals surface area contributed by atoms with Gasteiger partial charge in [-0.05, 0) is 36.4 Å². The molecule has 6 nitrogen and oxygen atoms in total. The molecule has 26 heavy (non-hydrogen) atoms. The van der Waals surface area contributed by atoms with E-state index in [-0.39, 0.29) is 18.1 Å². The standard InChI is InChI=1S/C17H15ClF2N2O4/c1-24-15-7-11(5-6-14(15)26-17(19)20)9-21-25-10-16(23)22-13-4-2-3-12(18)8-13/h2-9,17H,10H2,1H3,(H,22,23)/b21-9-. The summed E-state index contributed by atoms with van der Waals surface area (Å²) < 4.78 is 33.8. The summed E-state index contributed by atoms with van der Waals surface area (Å²) in [5.41, 5.74) is 1.05. The molecule has 0 radical (unpaired) electrons. The zero-order valence-electron chi connectivity index (χ0n) is 13.6. The molecule has 0 saturated heterocycles. The Labute approximate surface area is 153 Å². The van der Waals surface area contributed by atoms with Crippen LogP contribution in [-0.4, -0.2) is 32.4 Å². The Morgan fingerprint density at radius 3 is 2.77 bits per heavy atom. The maximum absolute atomic E-state index is 12.3. The number of rotatable bonds is 8. The van der Waals surface area contributed by atoms with Crippen molar-refractivity contribution in [2.24, 2.45) is 5.16 Å². The van der Waals surface area contributed by atoms with Crippen LogP contribution in [-0.2, 0) is 9.63 Å². The number of carbonyl (C=O) groups excluding carboxylic acids is 1. The highest BCUT2D eigenvalue weighted by Gasteiger charge is 2.10. The van der Waals surface area contributed by atoms with Gasteiger partial charge in [0.15, 0.2) is 18.1 Å². The molecule has 0 heterocycles. The van der Waals surface area contributed by atoms with Crippen LogP contribution in [0.3, 0.4) is 0 Å². The minimum absolute atomic E-state index is 0.0959. The van der Waals surface area contributed by atoms with Gasteiger partial charge in [0.05, 0.1) is 13.3 Å². The first-order valence-electron chi connectivity index (χ1n) is 7.31. The summed E-state index contributed by atoms with van der Waals surface area (Å²) >= 11 is 5.82. The van der Waals surface area contributed by atoms with E-state index in [1.165, 1.54) is 31.5 Å². The Morgan fingerprint density at radius 1 is 1.27 bits per heavy atom. The van der Waals surface area contributed by atoms with E-state index in [2.05, 4.69) is 15.2 Å². The number of hydrogen-bond acceptors (Lipinski definition) is 5. The first kappa shape index (κ1) is 19.5. The number of oxime groups is 1. The van der Waals surface area contributed by atoms with Gasteiger partial charge in [-0.2, -0.15) is 8.78 Å². The van der Waals surface area contributed by atoms with E-state index >= 15 is 0 Å². The summed E-state index contributed by atoms with van der Waals surface area (Å²) in [6, 6.07) is 10.9. The average Bonchev–Trinajstić information content (AvgIpc) is 2.59. The van der Waals surface area contributed by atoms with E-state index in [9.17, 15) is 13.6 Å². The molecule has 0 spiro atoms. The number of alkyl halides is 2. The van der Waals surface area contributed by atoms with Gasteiger partial charge in [-0.25, -0.2) is 0 Å². The number of carbonyl (C=O) groups is 1. The molecule has 2 rings (SSSR count). The summed E-state index contributed by atoms with van der Waals surface area (Å²) in [5, 5.41) is 6.74. The molecule has 0 aliphatic carbocycles. The van der Waals surface area contributed by atoms with Crippen molar-refractivity contribution in [2.45, 2.75) is 6.61 Å². The SMILES string of the molecule is COc1cc(/C=N\OCC(=O)Nc2cccc(Cl)c2)ccc1OC(F)F. The maximum atomic E-state index is 12.3. The third kappa shape index (κ3) is 6.21. The number of benzene rings is 2. The van der Waals surface area contributed by atoms with Crippen LogP contribution >= 0.6 is 11.6 Å². The molecule has 0 unspecified atom stereocenters. The Balaban J connectivity index is 1.87. The fourth-order valence-electron chi connectivity index (χ4n) is 1.92. The fourth-order valence-corrected chi connectivity index (χ4v) is 2.11. The lowest BCUT2D eigenvalue weighted by atomic mass is 10.2. The van der Waals surface area contributed by atoms with Crippen molar-refractivity contribution in [2.75, 3.05) is 19.0 Å². The van der Waals surface area contributed by atoms with E-state index in [1.807, 2.05) is 0 Å². The highest BCUT2D eigenvalue weighted by atomic mass is 35.5. The molecule has 0 fully saturated rings. The zero-order chi connectivity index (χ0) is 18.9. The normalized spacial score (nSPS) is 10.8. The van der Waals surface area contributed by atoms with Crippen molar-refractivity contribution in [1.82, 2.24) is 0 Å². The molecule has 0 bridgehead atoms. The minimum Gasteiger partial charge on any atom is -0.493 e. The van der Waals surface area contributed by atoms with Crippen LogP contribution in [0.1, 0.15) is 5.56 Å². The molecular weight excluding hydrogens is 370 g/mol. The fraction of sp³-hybridized carbons (Fsp3) is 0.176. The van der Waals surface area contributed by atoms with Crippen molar-refractivity contribution < 1.29 is 27.9 Å². The van der Waals surface area contributed by atoms with Gasteiger partial charge >= 0.3 is 6.61 Å². The third-order valence-electron chi connectivity index (χ3n) is 2.98. The lowest BCUT2D eigenvalue weighted by Gasteiger charge is -2.09. The first-order valence-corrected chi connectivity index (χ1v) is 7.69. The maximum Gasteiger partial charge on any atom is 0.387 e. The first-order chi connectivity index (χ1) is 12.5.